The number of para-hydroxylation sites is 2. The van der Waals surface area contributed by atoms with E-state index in [9.17, 15) is 0 Å². The number of benzene rings is 1. The molecule has 0 amide bonds. The van der Waals surface area contributed by atoms with Gasteiger partial charge in [-0.1, -0.05) is 12.1 Å². The topological polar surface area (TPSA) is 64.1 Å². The van der Waals surface area contributed by atoms with Crippen LogP contribution in [0.15, 0.2) is 30.6 Å². The maximum absolute atomic E-state index is 9.11. The molecule has 4 heteroatoms. The van der Waals surface area contributed by atoms with Gasteiger partial charge in [0.15, 0.2) is 0 Å². The van der Waals surface area contributed by atoms with E-state index in [0.717, 1.165) is 11.0 Å². The SMILES string of the molecule is CC(N)(CO)Cn1cnc2ccccc21. The molecule has 80 valence electrons. The van der Waals surface area contributed by atoms with Gasteiger partial charge in [0.1, 0.15) is 0 Å². The molecule has 0 saturated carbocycles. The molecule has 2 aromatic rings. The Balaban J connectivity index is 2.37. The summed E-state index contributed by atoms with van der Waals surface area (Å²) in [5.41, 5.74) is 7.29. The Morgan fingerprint density at radius 1 is 1.47 bits per heavy atom. The molecule has 0 bridgehead atoms. The molecule has 0 saturated heterocycles. The summed E-state index contributed by atoms with van der Waals surface area (Å²) in [6.45, 7) is 2.34. The Kier molecular flexibility index (Phi) is 2.46. The Labute approximate surface area is 88.3 Å². The van der Waals surface area contributed by atoms with Crippen molar-refractivity contribution in [2.24, 2.45) is 5.73 Å². The number of aliphatic hydroxyl groups excluding tert-OH is 1. The van der Waals surface area contributed by atoms with Gasteiger partial charge >= 0.3 is 0 Å². The van der Waals surface area contributed by atoms with Gasteiger partial charge in [-0.25, -0.2) is 4.98 Å². The van der Waals surface area contributed by atoms with Gasteiger partial charge in [0.05, 0.1) is 29.5 Å². The van der Waals surface area contributed by atoms with Crippen LogP contribution in [0.3, 0.4) is 0 Å². The number of imidazole rings is 1. The maximum Gasteiger partial charge on any atom is 0.0958 e. The second-order valence-electron chi connectivity index (χ2n) is 4.17. The third-order valence-corrected chi connectivity index (χ3v) is 2.42. The van der Waals surface area contributed by atoms with Crippen LogP contribution < -0.4 is 5.73 Å². The molecule has 0 fully saturated rings. The second kappa shape index (κ2) is 3.64. The van der Waals surface area contributed by atoms with Crippen LogP contribution in [0.25, 0.3) is 11.0 Å². The van der Waals surface area contributed by atoms with Gasteiger partial charge in [0.25, 0.3) is 0 Å². The predicted molar refractivity (Wildman–Crippen MR) is 59.4 cm³/mol. The molecular formula is C11H15N3O. The van der Waals surface area contributed by atoms with Crippen molar-refractivity contribution in [1.29, 1.82) is 0 Å². The molecule has 2 rings (SSSR count). The Morgan fingerprint density at radius 2 is 2.20 bits per heavy atom. The van der Waals surface area contributed by atoms with E-state index >= 15 is 0 Å². The molecule has 1 atom stereocenters. The fraction of sp³-hybridized carbons (Fsp3) is 0.364. The zero-order chi connectivity index (χ0) is 10.9. The van der Waals surface area contributed by atoms with Crippen LogP contribution in [0.4, 0.5) is 0 Å². The van der Waals surface area contributed by atoms with Crippen molar-refractivity contribution in [2.75, 3.05) is 6.61 Å². The van der Waals surface area contributed by atoms with Gasteiger partial charge in [-0.15, -0.1) is 0 Å². The lowest BCUT2D eigenvalue weighted by Gasteiger charge is -2.22. The average molecular weight is 205 g/mol. The number of hydrogen-bond acceptors (Lipinski definition) is 3. The van der Waals surface area contributed by atoms with Crippen molar-refractivity contribution in [1.82, 2.24) is 9.55 Å². The smallest absolute Gasteiger partial charge is 0.0958 e. The lowest BCUT2D eigenvalue weighted by molar-refractivity contribution is 0.193. The van der Waals surface area contributed by atoms with E-state index in [0.29, 0.717) is 6.54 Å². The molecule has 1 aromatic heterocycles. The van der Waals surface area contributed by atoms with Crippen LogP contribution in [0.5, 0.6) is 0 Å². The molecule has 4 nitrogen and oxygen atoms in total. The van der Waals surface area contributed by atoms with E-state index in [2.05, 4.69) is 4.98 Å². The van der Waals surface area contributed by atoms with Crippen LogP contribution in [0.1, 0.15) is 6.92 Å². The Hall–Kier alpha value is -1.39. The first-order valence-corrected chi connectivity index (χ1v) is 4.92. The minimum absolute atomic E-state index is 0.0422. The van der Waals surface area contributed by atoms with Crippen molar-refractivity contribution in [3.05, 3.63) is 30.6 Å². The van der Waals surface area contributed by atoms with Crippen LogP contribution in [-0.2, 0) is 6.54 Å². The highest BCUT2D eigenvalue weighted by Gasteiger charge is 2.18. The Morgan fingerprint density at radius 3 is 2.93 bits per heavy atom. The number of fused-ring (bicyclic) bond motifs is 1. The van der Waals surface area contributed by atoms with Crippen LogP contribution >= 0.6 is 0 Å². The molecule has 0 aliphatic carbocycles. The van der Waals surface area contributed by atoms with E-state index in [1.807, 2.05) is 35.8 Å². The summed E-state index contributed by atoms with van der Waals surface area (Å²) < 4.78 is 1.96. The zero-order valence-electron chi connectivity index (χ0n) is 8.72. The summed E-state index contributed by atoms with van der Waals surface area (Å²) in [6.07, 6.45) is 1.76. The van der Waals surface area contributed by atoms with E-state index in [4.69, 9.17) is 10.8 Å². The van der Waals surface area contributed by atoms with Crippen LogP contribution in [-0.4, -0.2) is 26.8 Å². The summed E-state index contributed by atoms with van der Waals surface area (Å²) in [6, 6.07) is 7.87. The summed E-state index contributed by atoms with van der Waals surface area (Å²) >= 11 is 0. The summed E-state index contributed by atoms with van der Waals surface area (Å²) in [5.74, 6) is 0. The standard InChI is InChI=1S/C11H15N3O/c1-11(12,7-15)6-14-8-13-9-4-2-3-5-10(9)14/h2-5,8,15H,6-7,12H2,1H3. The molecule has 1 heterocycles. The van der Waals surface area contributed by atoms with Crippen LogP contribution in [0, 0.1) is 0 Å². The minimum Gasteiger partial charge on any atom is -0.394 e. The third kappa shape index (κ3) is 2.00. The maximum atomic E-state index is 9.11. The van der Waals surface area contributed by atoms with Crippen molar-refractivity contribution >= 4 is 11.0 Å². The number of aliphatic hydroxyl groups is 1. The molecule has 0 radical (unpaired) electrons. The summed E-state index contributed by atoms with van der Waals surface area (Å²) in [4.78, 5) is 4.26. The molecule has 3 N–H and O–H groups in total. The third-order valence-electron chi connectivity index (χ3n) is 2.42. The lowest BCUT2D eigenvalue weighted by atomic mass is 10.1. The fourth-order valence-electron chi connectivity index (χ4n) is 1.58. The highest BCUT2D eigenvalue weighted by atomic mass is 16.3. The highest BCUT2D eigenvalue weighted by molar-refractivity contribution is 5.74. The lowest BCUT2D eigenvalue weighted by Crippen LogP contribution is -2.44. The van der Waals surface area contributed by atoms with Crippen molar-refractivity contribution < 1.29 is 5.11 Å². The monoisotopic (exact) mass is 205 g/mol. The fourth-order valence-corrected chi connectivity index (χ4v) is 1.58. The normalized spacial score (nSPS) is 15.4. The van der Waals surface area contributed by atoms with Gasteiger partial charge in [-0.2, -0.15) is 0 Å². The van der Waals surface area contributed by atoms with Gasteiger partial charge in [-0.3, -0.25) is 0 Å². The Bertz CT molecular complexity index is 462. The van der Waals surface area contributed by atoms with E-state index in [-0.39, 0.29) is 6.61 Å². The first kappa shape index (κ1) is 10.1. The number of hydrogen-bond donors (Lipinski definition) is 2. The average Bonchev–Trinajstić information content (AvgIpc) is 2.62. The van der Waals surface area contributed by atoms with Gasteiger partial charge in [0.2, 0.25) is 0 Å². The van der Waals surface area contributed by atoms with E-state index in [1.54, 1.807) is 6.33 Å². The van der Waals surface area contributed by atoms with E-state index in [1.165, 1.54) is 0 Å². The van der Waals surface area contributed by atoms with Crippen LogP contribution in [0.2, 0.25) is 0 Å². The number of nitrogens with two attached hydrogens (primary N) is 1. The second-order valence-corrected chi connectivity index (χ2v) is 4.17. The predicted octanol–water partition coefficient (Wildman–Crippen LogP) is 0.746. The number of rotatable bonds is 3. The zero-order valence-corrected chi connectivity index (χ0v) is 8.72. The molecular weight excluding hydrogens is 190 g/mol. The minimum atomic E-state index is -0.608. The molecule has 1 aromatic carbocycles. The van der Waals surface area contributed by atoms with E-state index < -0.39 is 5.54 Å². The quantitative estimate of drug-likeness (QED) is 0.777. The number of nitrogens with zero attached hydrogens (tertiary/aromatic N) is 2. The molecule has 15 heavy (non-hydrogen) atoms. The highest BCUT2D eigenvalue weighted by Crippen LogP contribution is 2.14. The largest absolute Gasteiger partial charge is 0.394 e. The van der Waals surface area contributed by atoms with Gasteiger partial charge in [-0.05, 0) is 19.1 Å². The summed E-state index contributed by atoms with van der Waals surface area (Å²) in [7, 11) is 0. The van der Waals surface area contributed by atoms with Crippen molar-refractivity contribution in [2.45, 2.75) is 19.0 Å². The summed E-state index contributed by atoms with van der Waals surface area (Å²) in [5, 5.41) is 9.11. The number of aromatic nitrogens is 2. The van der Waals surface area contributed by atoms with Gasteiger partial charge < -0.3 is 15.4 Å². The molecule has 0 spiro atoms. The van der Waals surface area contributed by atoms with Crippen molar-refractivity contribution in [3.63, 3.8) is 0 Å². The first-order valence-electron chi connectivity index (χ1n) is 4.92. The molecule has 0 aliphatic rings. The molecule has 1 unspecified atom stereocenters. The first-order chi connectivity index (χ1) is 7.12. The van der Waals surface area contributed by atoms with Gasteiger partial charge in [0, 0.05) is 6.54 Å². The molecule has 0 aliphatic heterocycles. The van der Waals surface area contributed by atoms with Crippen molar-refractivity contribution in [3.8, 4) is 0 Å².